The van der Waals surface area contributed by atoms with Crippen molar-refractivity contribution < 1.29 is 13.7 Å². The number of hydrogen-bond donors (Lipinski definition) is 0. The first-order chi connectivity index (χ1) is 17.9. The molecule has 2 aromatic carbocycles. The van der Waals surface area contributed by atoms with Crippen molar-refractivity contribution in [3.63, 3.8) is 0 Å². The minimum absolute atomic E-state index is 0.177. The van der Waals surface area contributed by atoms with Crippen LogP contribution in [0.4, 0.5) is 4.39 Å². The smallest absolute Gasteiger partial charge is 0.141 e. The maximum Gasteiger partial charge on any atom is 0.141 e. The molecule has 0 amide bonds. The normalized spacial score (nSPS) is 15.7. The van der Waals surface area contributed by atoms with E-state index in [1.54, 1.807) is 12.1 Å². The van der Waals surface area contributed by atoms with Gasteiger partial charge in [-0.1, -0.05) is 49.3 Å². The molecule has 5 aromatic rings. The zero-order valence-electron chi connectivity index (χ0n) is 21.8. The van der Waals surface area contributed by atoms with E-state index in [1.165, 1.54) is 5.56 Å². The molecule has 1 unspecified atom stereocenters. The van der Waals surface area contributed by atoms with Gasteiger partial charge < -0.3 is 13.8 Å². The van der Waals surface area contributed by atoms with Crippen molar-refractivity contribution in [1.82, 2.24) is 14.7 Å². The van der Waals surface area contributed by atoms with Crippen LogP contribution in [0.3, 0.4) is 0 Å². The fourth-order valence-corrected chi connectivity index (χ4v) is 5.94. The fraction of sp³-hybridized carbons (Fsp3) is 0.355. The SMILES string of the molecule is Cc1noc(C)c1-c1ccc2c3ncc(C(C)C)cc3n(C(c3ccccc3F)C3CCOCC3)c2c1. The predicted molar refractivity (Wildman–Crippen MR) is 144 cm³/mol. The fourth-order valence-electron chi connectivity index (χ4n) is 5.94. The molecule has 1 aliphatic rings. The quantitative estimate of drug-likeness (QED) is 0.249. The van der Waals surface area contributed by atoms with E-state index in [2.05, 4.69) is 47.8 Å². The third-order valence-corrected chi connectivity index (χ3v) is 7.86. The number of rotatable bonds is 5. The highest BCUT2D eigenvalue weighted by Crippen LogP contribution is 2.42. The number of aryl methyl sites for hydroxylation is 2. The standard InChI is InChI=1S/C31H32FN3O2/c1-18(2)23-16-28-30(33-17-23)25-10-9-22(29-19(3)34-37-20(29)4)15-27(25)35(28)31(21-11-13-36-14-12-21)24-7-5-6-8-26(24)32/h5-10,15-18,21,31H,11-14H2,1-4H3. The van der Waals surface area contributed by atoms with Gasteiger partial charge in [0.25, 0.3) is 0 Å². The minimum atomic E-state index is -0.186. The van der Waals surface area contributed by atoms with Crippen molar-refractivity contribution in [2.75, 3.05) is 13.2 Å². The topological polar surface area (TPSA) is 53.1 Å². The van der Waals surface area contributed by atoms with Gasteiger partial charge in [-0.2, -0.15) is 0 Å². The van der Waals surface area contributed by atoms with Gasteiger partial charge in [-0.15, -0.1) is 0 Å². The minimum Gasteiger partial charge on any atom is -0.381 e. The van der Waals surface area contributed by atoms with Crippen molar-refractivity contribution in [3.8, 4) is 11.1 Å². The van der Waals surface area contributed by atoms with Gasteiger partial charge in [-0.25, -0.2) is 4.39 Å². The summed E-state index contributed by atoms with van der Waals surface area (Å²) in [5.41, 5.74) is 7.80. The number of halogens is 1. The van der Waals surface area contributed by atoms with Crippen LogP contribution in [0.25, 0.3) is 33.1 Å². The van der Waals surface area contributed by atoms with Crippen LogP contribution in [-0.2, 0) is 4.74 Å². The molecule has 0 N–H and O–H groups in total. The van der Waals surface area contributed by atoms with Crippen LogP contribution < -0.4 is 0 Å². The van der Waals surface area contributed by atoms with Crippen molar-refractivity contribution in [3.05, 3.63) is 83.1 Å². The van der Waals surface area contributed by atoms with Gasteiger partial charge >= 0.3 is 0 Å². The third kappa shape index (κ3) is 4.04. The first-order valence-corrected chi connectivity index (χ1v) is 13.1. The summed E-state index contributed by atoms with van der Waals surface area (Å²) in [6.45, 7) is 9.64. The van der Waals surface area contributed by atoms with Gasteiger partial charge in [0.2, 0.25) is 0 Å². The van der Waals surface area contributed by atoms with Gasteiger partial charge in [0.15, 0.2) is 0 Å². The highest BCUT2D eigenvalue weighted by atomic mass is 19.1. The third-order valence-electron chi connectivity index (χ3n) is 7.86. The summed E-state index contributed by atoms with van der Waals surface area (Å²) in [6, 6.07) is 15.7. The Morgan fingerprint density at radius 1 is 1.00 bits per heavy atom. The molecule has 1 atom stereocenters. The van der Waals surface area contributed by atoms with Crippen LogP contribution in [0.2, 0.25) is 0 Å². The molecule has 1 fully saturated rings. The van der Waals surface area contributed by atoms with Gasteiger partial charge in [0.05, 0.1) is 28.3 Å². The van der Waals surface area contributed by atoms with E-state index >= 15 is 4.39 Å². The van der Waals surface area contributed by atoms with Crippen LogP contribution >= 0.6 is 0 Å². The largest absolute Gasteiger partial charge is 0.381 e. The number of hydrogen-bond acceptors (Lipinski definition) is 4. The molecule has 6 rings (SSSR count). The molecular weight excluding hydrogens is 465 g/mol. The van der Waals surface area contributed by atoms with E-state index < -0.39 is 0 Å². The highest BCUT2D eigenvalue weighted by molar-refractivity contribution is 6.07. The van der Waals surface area contributed by atoms with Crippen LogP contribution in [0, 0.1) is 25.6 Å². The molecule has 1 saturated heterocycles. The maximum atomic E-state index is 15.5. The van der Waals surface area contributed by atoms with Crippen LogP contribution in [0.1, 0.15) is 61.2 Å². The summed E-state index contributed by atoms with van der Waals surface area (Å²) in [6.07, 6.45) is 3.73. The van der Waals surface area contributed by atoms with E-state index in [-0.39, 0.29) is 17.8 Å². The van der Waals surface area contributed by atoms with Crippen LogP contribution in [-0.4, -0.2) is 27.9 Å². The first kappa shape index (κ1) is 23.9. The number of aromatic nitrogens is 3. The Hall–Kier alpha value is -3.51. The molecule has 3 aromatic heterocycles. The lowest BCUT2D eigenvalue weighted by Gasteiger charge is -2.33. The number of ether oxygens (including phenoxy) is 1. The lowest BCUT2D eigenvalue weighted by molar-refractivity contribution is 0.0548. The summed E-state index contributed by atoms with van der Waals surface area (Å²) in [5.74, 6) is 1.17. The zero-order chi connectivity index (χ0) is 25.7. The molecule has 0 saturated carbocycles. The van der Waals surface area contributed by atoms with Gasteiger partial charge in [0.1, 0.15) is 11.6 Å². The van der Waals surface area contributed by atoms with Gasteiger partial charge in [-0.05, 0) is 67.9 Å². The summed E-state index contributed by atoms with van der Waals surface area (Å²) in [5, 5.41) is 5.24. The second kappa shape index (κ2) is 9.42. The van der Waals surface area contributed by atoms with E-state index in [4.69, 9.17) is 14.2 Å². The molecule has 1 aliphatic heterocycles. The summed E-state index contributed by atoms with van der Waals surface area (Å²) in [4.78, 5) is 4.95. The zero-order valence-corrected chi connectivity index (χ0v) is 21.8. The molecule has 0 radical (unpaired) electrons. The van der Waals surface area contributed by atoms with Crippen LogP contribution in [0.5, 0.6) is 0 Å². The Balaban J connectivity index is 1.70. The number of nitrogens with zero attached hydrogens (tertiary/aromatic N) is 3. The van der Waals surface area contributed by atoms with Gasteiger partial charge in [0, 0.05) is 35.9 Å². The molecule has 6 heteroatoms. The number of pyridine rings is 1. The number of benzene rings is 2. The molecule has 0 bridgehead atoms. The van der Waals surface area contributed by atoms with E-state index in [1.807, 2.05) is 32.2 Å². The van der Waals surface area contributed by atoms with Crippen molar-refractivity contribution in [2.45, 2.75) is 52.5 Å². The Bertz CT molecular complexity index is 1570. The van der Waals surface area contributed by atoms with Gasteiger partial charge in [-0.3, -0.25) is 4.98 Å². The Labute approximate surface area is 216 Å². The molecule has 37 heavy (non-hydrogen) atoms. The molecule has 5 nitrogen and oxygen atoms in total. The van der Waals surface area contributed by atoms with E-state index in [9.17, 15) is 0 Å². The maximum absolute atomic E-state index is 15.5. The van der Waals surface area contributed by atoms with Crippen molar-refractivity contribution in [1.29, 1.82) is 0 Å². The molecular formula is C31H32FN3O2. The van der Waals surface area contributed by atoms with E-state index in [0.29, 0.717) is 24.7 Å². The Kier molecular flexibility index (Phi) is 6.07. The van der Waals surface area contributed by atoms with Crippen LogP contribution in [0.15, 0.2) is 59.3 Å². The first-order valence-electron chi connectivity index (χ1n) is 13.1. The second-order valence-electron chi connectivity index (χ2n) is 10.5. The highest BCUT2D eigenvalue weighted by Gasteiger charge is 2.32. The molecule has 4 heterocycles. The molecule has 190 valence electrons. The molecule has 0 spiro atoms. The van der Waals surface area contributed by atoms with Crippen molar-refractivity contribution >= 4 is 21.9 Å². The average Bonchev–Trinajstić information content (AvgIpc) is 3.41. The van der Waals surface area contributed by atoms with Crippen molar-refractivity contribution in [2.24, 2.45) is 5.92 Å². The average molecular weight is 498 g/mol. The lowest BCUT2D eigenvalue weighted by atomic mass is 9.86. The van der Waals surface area contributed by atoms with E-state index in [0.717, 1.165) is 57.4 Å². The summed E-state index contributed by atoms with van der Waals surface area (Å²) in [7, 11) is 0. The number of fused-ring (bicyclic) bond motifs is 3. The lowest BCUT2D eigenvalue weighted by Crippen LogP contribution is -2.27. The Morgan fingerprint density at radius 2 is 1.78 bits per heavy atom. The molecule has 0 aliphatic carbocycles. The Morgan fingerprint density at radius 3 is 2.49 bits per heavy atom. The predicted octanol–water partition coefficient (Wildman–Crippen LogP) is 7.74. The monoisotopic (exact) mass is 497 g/mol. The summed E-state index contributed by atoms with van der Waals surface area (Å²) >= 11 is 0. The second-order valence-corrected chi connectivity index (χ2v) is 10.5. The summed E-state index contributed by atoms with van der Waals surface area (Å²) < 4.78 is 29.1.